The molecule has 0 atom stereocenters. The molecule has 0 aliphatic heterocycles. The van der Waals surface area contributed by atoms with Gasteiger partial charge in [-0.15, -0.1) is 12.1 Å². The Morgan fingerprint density at radius 2 is 0.828 bits per heavy atom. The Kier molecular flexibility index (Phi) is 14.0. The van der Waals surface area contributed by atoms with Gasteiger partial charge in [0.25, 0.3) is 0 Å². The van der Waals surface area contributed by atoms with Crippen LogP contribution in [0, 0.1) is 24.0 Å². The van der Waals surface area contributed by atoms with Gasteiger partial charge in [-0.1, -0.05) is 41.5 Å². The first kappa shape index (κ1) is 27.7. The van der Waals surface area contributed by atoms with Crippen LogP contribution in [0.3, 0.4) is 0 Å². The number of hydrogen-bond donors (Lipinski definition) is 0. The molecule has 0 heterocycles. The fourth-order valence-electron chi connectivity index (χ4n) is 2.14. The van der Waals surface area contributed by atoms with Crippen LogP contribution in [0.15, 0.2) is 72.8 Å². The monoisotopic (exact) mass is 542 g/mol. The summed E-state index contributed by atoms with van der Waals surface area (Å²) >= 11 is 5.03. The Morgan fingerprint density at radius 3 is 0.966 bits per heavy atom. The molecule has 0 aromatic heterocycles. The van der Waals surface area contributed by atoms with Crippen LogP contribution in [0.5, 0.6) is 0 Å². The number of rotatable bonds is 0. The standard InChI is InChI=1S/2C10H13.C6H4F.BrH.Ru/c2*1-10(2,3)9-7-5-4-6-8-9;7-6-4-2-1-3-5-6;;/h2*5-8H,1-3H3;2-5H;1H;/q3*-1;;+4/p-1. The topological polar surface area (TPSA) is 0 Å². The van der Waals surface area contributed by atoms with Crippen LogP contribution in [0.2, 0.25) is 0 Å². The van der Waals surface area contributed by atoms with Gasteiger partial charge in [0.05, 0.1) is 0 Å². The molecule has 0 aliphatic carbocycles. The zero-order chi connectivity index (χ0) is 22.3. The van der Waals surface area contributed by atoms with E-state index >= 15 is 0 Å². The van der Waals surface area contributed by atoms with E-state index in [1.807, 2.05) is 24.3 Å². The van der Waals surface area contributed by atoms with Gasteiger partial charge in [0.1, 0.15) is 0 Å². The number of halogens is 2. The van der Waals surface area contributed by atoms with Crippen molar-refractivity contribution in [2.45, 2.75) is 52.4 Å². The Labute approximate surface area is 194 Å². The maximum absolute atomic E-state index is 11.9. The normalized spacial score (nSPS) is 10.2. The van der Waals surface area contributed by atoms with Crippen molar-refractivity contribution in [3.63, 3.8) is 0 Å². The van der Waals surface area contributed by atoms with Crippen LogP contribution >= 0.6 is 13.6 Å². The third kappa shape index (κ3) is 13.5. The second-order valence-electron chi connectivity index (χ2n) is 8.30. The van der Waals surface area contributed by atoms with Crippen LogP contribution in [0.4, 0.5) is 4.39 Å². The van der Waals surface area contributed by atoms with E-state index in [9.17, 15) is 4.39 Å². The summed E-state index contributed by atoms with van der Waals surface area (Å²) in [6.45, 7) is 13.3. The third-order valence-electron chi connectivity index (χ3n) is 3.85. The summed E-state index contributed by atoms with van der Waals surface area (Å²) < 4.78 is 11.9. The first-order valence-corrected chi connectivity index (χ1v) is 13.3. The fourth-order valence-corrected chi connectivity index (χ4v) is 2.14. The van der Waals surface area contributed by atoms with Crippen LogP contribution in [0.25, 0.3) is 0 Å². The molecular weight excluding hydrogens is 512 g/mol. The van der Waals surface area contributed by atoms with Crippen molar-refractivity contribution in [3.05, 3.63) is 108 Å². The minimum atomic E-state index is -0.209. The molecule has 0 N–H and O–H groups in total. The second-order valence-corrected chi connectivity index (χ2v) is 8.30. The number of benzene rings is 3. The summed E-state index contributed by atoms with van der Waals surface area (Å²) in [5.74, 6) is -0.209. The molecule has 3 heteroatoms. The molecule has 0 radical (unpaired) electrons. The Morgan fingerprint density at radius 1 is 0.586 bits per heavy atom. The number of hydrogen-bond acceptors (Lipinski definition) is 0. The SMILES string of the molecule is CC(C)(C)c1cc[c-]cc1.CC(C)(C)c1cc[c-]cc1.Fc1cc[c-]cc1.[Br][Ru+3]. The van der Waals surface area contributed by atoms with Gasteiger partial charge in [-0.3, -0.25) is 0 Å². The zero-order valence-electron chi connectivity index (χ0n) is 18.0. The average molecular weight is 542 g/mol. The zero-order valence-corrected chi connectivity index (χ0v) is 21.4. The van der Waals surface area contributed by atoms with E-state index in [0.29, 0.717) is 0 Å². The van der Waals surface area contributed by atoms with E-state index in [0.717, 1.165) is 0 Å². The van der Waals surface area contributed by atoms with Gasteiger partial charge in [-0.05, 0) is 10.8 Å². The molecule has 0 bridgehead atoms. The van der Waals surface area contributed by atoms with Crippen molar-refractivity contribution in [2.24, 2.45) is 0 Å². The molecule has 3 aromatic rings. The minimum absolute atomic E-state index is 0.209. The summed E-state index contributed by atoms with van der Waals surface area (Å²) in [6.07, 6.45) is 0. The molecule has 3 rings (SSSR count). The van der Waals surface area contributed by atoms with Crippen LogP contribution in [-0.2, 0) is 27.2 Å². The summed E-state index contributed by atoms with van der Waals surface area (Å²) in [6, 6.07) is 30.8. The van der Waals surface area contributed by atoms with E-state index in [1.165, 1.54) is 35.4 Å². The summed E-state index contributed by atoms with van der Waals surface area (Å²) in [5.41, 5.74) is 3.28. The van der Waals surface area contributed by atoms with Crippen molar-refractivity contribution in [1.29, 1.82) is 0 Å². The fraction of sp³-hybridized carbons (Fsp3) is 0.308. The van der Waals surface area contributed by atoms with Crippen molar-refractivity contribution in [1.82, 2.24) is 0 Å². The van der Waals surface area contributed by atoms with Crippen molar-refractivity contribution >= 4 is 13.6 Å². The van der Waals surface area contributed by atoms with Gasteiger partial charge < -0.3 is 0 Å². The molecule has 0 aliphatic rings. The van der Waals surface area contributed by atoms with Crippen molar-refractivity contribution < 1.29 is 20.7 Å². The van der Waals surface area contributed by atoms with Gasteiger partial charge in [-0.25, -0.2) is 4.39 Å². The molecule has 29 heavy (non-hydrogen) atoms. The molecule has 3 aromatic carbocycles. The Balaban J connectivity index is 0.000000394. The third-order valence-corrected chi connectivity index (χ3v) is 3.85. The molecule has 0 unspecified atom stereocenters. The summed E-state index contributed by atoms with van der Waals surface area (Å²) in [7, 11) is 0. The van der Waals surface area contributed by atoms with Crippen molar-refractivity contribution in [3.8, 4) is 0 Å². The van der Waals surface area contributed by atoms with E-state index in [1.54, 1.807) is 0 Å². The molecule has 0 saturated carbocycles. The van der Waals surface area contributed by atoms with E-state index in [2.05, 4.69) is 114 Å². The van der Waals surface area contributed by atoms with Crippen LogP contribution < -0.4 is 0 Å². The predicted molar refractivity (Wildman–Crippen MR) is 122 cm³/mol. The first-order chi connectivity index (χ1) is 13.6. The van der Waals surface area contributed by atoms with E-state index < -0.39 is 0 Å². The van der Waals surface area contributed by atoms with Gasteiger partial charge >= 0.3 is 30.0 Å². The average Bonchev–Trinajstić information content (AvgIpc) is 2.71. The molecule has 0 fully saturated rings. The molecular formula is C26H30BrFRu. The van der Waals surface area contributed by atoms with E-state index in [-0.39, 0.29) is 16.6 Å². The van der Waals surface area contributed by atoms with Gasteiger partial charge in [0, 0.05) is 5.82 Å². The summed E-state index contributed by atoms with van der Waals surface area (Å²) in [5, 5.41) is 0. The molecule has 0 nitrogen and oxygen atoms in total. The Bertz CT molecular complexity index is 696. The predicted octanol–water partition coefficient (Wildman–Crippen LogP) is 8.04. The second kappa shape index (κ2) is 14.6. The molecule has 156 valence electrons. The molecule has 0 amide bonds. The van der Waals surface area contributed by atoms with Gasteiger partial charge in [0.15, 0.2) is 0 Å². The van der Waals surface area contributed by atoms with Crippen LogP contribution in [-0.4, -0.2) is 0 Å². The van der Waals surface area contributed by atoms with E-state index in [4.69, 9.17) is 0 Å². The maximum atomic E-state index is 11.9. The first-order valence-electron chi connectivity index (χ1n) is 9.29. The summed E-state index contributed by atoms with van der Waals surface area (Å²) in [4.78, 5) is 0. The Hall–Kier alpha value is -1.31. The van der Waals surface area contributed by atoms with Crippen molar-refractivity contribution in [2.75, 3.05) is 0 Å². The van der Waals surface area contributed by atoms with Gasteiger partial charge in [0.2, 0.25) is 0 Å². The molecule has 0 spiro atoms. The quantitative estimate of drug-likeness (QED) is 0.199. The van der Waals surface area contributed by atoms with Gasteiger partial charge in [-0.2, -0.15) is 90.0 Å². The molecule has 0 saturated heterocycles. The van der Waals surface area contributed by atoms with Crippen LogP contribution in [0.1, 0.15) is 52.7 Å².